The molecule has 6 nitrogen and oxygen atoms in total. The van der Waals surface area contributed by atoms with E-state index in [0.717, 1.165) is 76.5 Å². The van der Waals surface area contributed by atoms with E-state index in [1.54, 1.807) is 0 Å². The summed E-state index contributed by atoms with van der Waals surface area (Å²) in [7, 11) is 0. The zero-order chi connectivity index (χ0) is 19.0. The fraction of sp³-hybridized carbons (Fsp3) is 0.591. The summed E-state index contributed by atoms with van der Waals surface area (Å²) in [6, 6.07) is 10.3. The van der Waals surface area contributed by atoms with Crippen LogP contribution in [0.15, 0.2) is 34.9 Å². The van der Waals surface area contributed by atoms with Gasteiger partial charge < -0.3 is 14.2 Å². The van der Waals surface area contributed by atoms with Crippen molar-refractivity contribution in [3.05, 3.63) is 47.6 Å². The molecule has 1 aromatic carbocycles. The average Bonchev–Trinajstić information content (AvgIpc) is 3.20. The highest BCUT2D eigenvalue weighted by molar-refractivity contribution is 5.91. The minimum absolute atomic E-state index is 0.265. The third kappa shape index (κ3) is 3.34. The summed E-state index contributed by atoms with van der Waals surface area (Å²) < 4.78 is 10.9. The summed E-state index contributed by atoms with van der Waals surface area (Å²) in [6.45, 7) is 3.17. The van der Waals surface area contributed by atoms with Crippen LogP contribution < -0.4 is 0 Å². The Kier molecular flexibility index (Phi) is 4.67. The van der Waals surface area contributed by atoms with Crippen molar-refractivity contribution >= 4 is 5.91 Å². The van der Waals surface area contributed by atoms with Gasteiger partial charge in [0.2, 0.25) is 11.8 Å². The standard InChI is InChI=1S/C22H27N3O3/c26-21(22(9-10-22)18-4-2-1-3-5-18)25-11-6-16(15-25)14-19-23-20(28-24-19)17-7-12-27-13-8-17/h1-5,16-17H,6-15H2. The first-order chi connectivity index (χ1) is 13.7. The van der Waals surface area contributed by atoms with Crippen LogP contribution in [0.4, 0.5) is 0 Å². The molecule has 1 aliphatic carbocycles. The van der Waals surface area contributed by atoms with Gasteiger partial charge >= 0.3 is 0 Å². The zero-order valence-electron chi connectivity index (χ0n) is 16.2. The van der Waals surface area contributed by atoms with Crippen molar-refractivity contribution < 1.29 is 14.1 Å². The smallest absolute Gasteiger partial charge is 0.233 e. The number of hydrogen-bond donors (Lipinski definition) is 0. The highest BCUT2D eigenvalue weighted by Gasteiger charge is 2.53. The summed E-state index contributed by atoms with van der Waals surface area (Å²) >= 11 is 0. The maximum atomic E-state index is 13.2. The molecule has 0 bridgehead atoms. The monoisotopic (exact) mass is 381 g/mol. The molecule has 2 saturated heterocycles. The van der Waals surface area contributed by atoms with E-state index in [9.17, 15) is 4.79 Å². The first kappa shape index (κ1) is 17.9. The number of likely N-dealkylation sites (tertiary alicyclic amines) is 1. The Morgan fingerprint density at radius 3 is 2.68 bits per heavy atom. The molecule has 1 unspecified atom stereocenters. The fourth-order valence-electron chi connectivity index (χ4n) is 4.71. The third-order valence-corrected chi connectivity index (χ3v) is 6.58. The fourth-order valence-corrected chi connectivity index (χ4v) is 4.71. The van der Waals surface area contributed by atoms with Gasteiger partial charge in [-0.15, -0.1) is 0 Å². The first-order valence-corrected chi connectivity index (χ1v) is 10.5. The van der Waals surface area contributed by atoms with Gasteiger partial charge in [0.15, 0.2) is 5.82 Å². The molecular weight excluding hydrogens is 354 g/mol. The second-order valence-electron chi connectivity index (χ2n) is 8.49. The van der Waals surface area contributed by atoms with Crippen molar-refractivity contribution in [3.8, 4) is 0 Å². The van der Waals surface area contributed by atoms with E-state index < -0.39 is 0 Å². The summed E-state index contributed by atoms with van der Waals surface area (Å²) in [5.41, 5.74) is 0.904. The summed E-state index contributed by atoms with van der Waals surface area (Å²) in [5.74, 6) is 2.58. The highest BCUT2D eigenvalue weighted by atomic mass is 16.5. The van der Waals surface area contributed by atoms with Crippen molar-refractivity contribution in [2.75, 3.05) is 26.3 Å². The number of benzene rings is 1. The van der Waals surface area contributed by atoms with Crippen LogP contribution >= 0.6 is 0 Å². The maximum absolute atomic E-state index is 13.2. The summed E-state index contributed by atoms with van der Waals surface area (Å²) in [6.07, 6.45) is 5.64. The maximum Gasteiger partial charge on any atom is 0.233 e. The van der Waals surface area contributed by atoms with Crippen LogP contribution in [-0.2, 0) is 21.4 Å². The van der Waals surface area contributed by atoms with E-state index in [1.807, 2.05) is 18.2 Å². The highest BCUT2D eigenvalue weighted by Crippen LogP contribution is 2.50. The van der Waals surface area contributed by atoms with Crippen LogP contribution in [0.5, 0.6) is 0 Å². The molecule has 1 saturated carbocycles. The van der Waals surface area contributed by atoms with Crippen molar-refractivity contribution in [2.45, 2.75) is 49.9 Å². The normalized spacial score (nSPS) is 24.4. The van der Waals surface area contributed by atoms with Crippen molar-refractivity contribution in [1.29, 1.82) is 0 Å². The molecule has 1 aromatic heterocycles. The third-order valence-electron chi connectivity index (χ3n) is 6.58. The number of carbonyl (C=O) groups excluding carboxylic acids is 1. The van der Waals surface area contributed by atoms with Gasteiger partial charge in [0, 0.05) is 38.6 Å². The van der Waals surface area contributed by atoms with E-state index in [4.69, 9.17) is 9.26 Å². The largest absolute Gasteiger partial charge is 0.381 e. The predicted molar refractivity (Wildman–Crippen MR) is 103 cm³/mol. The molecule has 6 heteroatoms. The summed E-state index contributed by atoms with van der Waals surface area (Å²) in [4.78, 5) is 19.9. The van der Waals surface area contributed by atoms with E-state index in [1.165, 1.54) is 5.56 Å². The Bertz CT molecular complexity index is 825. The Hall–Kier alpha value is -2.21. The minimum atomic E-state index is -0.265. The molecule has 1 amide bonds. The number of hydrogen-bond acceptors (Lipinski definition) is 5. The predicted octanol–water partition coefficient (Wildman–Crippen LogP) is 3.09. The Morgan fingerprint density at radius 1 is 1.14 bits per heavy atom. The van der Waals surface area contributed by atoms with Gasteiger partial charge in [-0.2, -0.15) is 4.98 Å². The molecule has 5 rings (SSSR count). The van der Waals surface area contributed by atoms with E-state index in [2.05, 4.69) is 27.2 Å². The van der Waals surface area contributed by atoms with Gasteiger partial charge in [-0.05, 0) is 43.6 Å². The second kappa shape index (κ2) is 7.32. The van der Waals surface area contributed by atoms with Crippen LogP contribution in [0.25, 0.3) is 0 Å². The Balaban J connectivity index is 1.20. The quantitative estimate of drug-likeness (QED) is 0.796. The van der Waals surface area contributed by atoms with Gasteiger partial charge in [-0.3, -0.25) is 4.79 Å². The minimum Gasteiger partial charge on any atom is -0.381 e. The van der Waals surface area contributed by atoms with Crippen LogP contribution in [0.3, 0.4) is 0 Å². The molecule has 0 N–H and O–H groups in total. The van der Waals surface area contributed by atoms with Gasteiger partial charge in [0.05, 0.1) is 5.41 Å². The van der Waals surface area contributed by atoms with Crippen molar-refractivity contribution in [3.63, 3.8) is 0 Å². The molecule has 3 heterocycles. The average molecular weight is 381 g/mol. The SMILES string of the molecule is O=C(N1CCC(Cc2noc(C3CCOCC3)n2)C1)C1(c2ccccc2)CC1. The Morgan fingerprint density at radius 2 is 1.93 bits per heavy atom. The van der Waals surface area contributed by atoms with E-state index >= 15 is 0 Å². The van der Waals surface area contributed by atoms with E-state index in [-0.39, 0.29) is 5.41 Å². The molecule has 2 aliphatic heterocycles. The first-order valence-electron chi connectivity index (χ1n) is 10.5. The molecule has 1 atom stereocenters. The van der Waals surface area contributed by atoms with Crippen LogP contribution in [0.2, 0.25) is 0 Å². The van der Waals surface area contributed by atoms with Crippen LogP contribution in [0, 0.1) is 5.92 Å². The zero-order valence-corrected chi connectivity index (χ0v) is 16.2. The lowest BCUT2D eigenvalue weighted by molar-refractivity contribution is -0.133. The molecule has 0 radical (unpaired) electrons. The van der Waals surface area contributed by atoms with Gasteiger partial charge in [-0.1, -0.05) is 35.5 Å². The number of aromatic nitrogens is 2. The topological polar surface area (TPSA) is 68.5 Å². The Labute approximate surface area is 165 Å². The number of rotatable bonds is 5. The molecule has 3 aliphatic rings. The summed E-state index contributed by atoms with van der Waals surface area (Å²) in [5, 5.41) is 4.20. The number of amides is 1. The van der Waals surface area contributed by atoms with Crippen molar-refractivity contribution in [2.24, 2.45) is 5.92 Å². The van der Waals surface area contributed by atoms with Crippen LogP contribution in [-0.4, -0.2) is 47.3 Å². The lowest BCUT2D eigenvalue weighted by Crippen LogP contribution is -2.38. The van der Waals surface area contributed by atoms with Gasteiger partial charge in [0.25, 0.3) is 0 Å². The van der Waals surface area contributed by atoms with Gasteiger partial charge in [0.1, 0.15) is 0 Å². The molecule has 148 valence electrons. The molecular formula is C22H27N3O3. The van der Waals surface area contributed by atoms with Gasteiger partial charge in [-0.25, -0.2) is 0 Å². The second-order valence-corrected chi connectivity index (χ2v) is 8.49. The number of nitrogens with zero attached hydrogens (tertiary/aromatic N) is 3. The number of ether oxygens (including phenoxy) is 1. The lowest BCUT2D eigenvalue weighted by Gasteiger charge is -2.23. The van der Waals surface area contributed by atoms with E-state index in [0.29, 0.717) is 17.7 Å². The molecule has 0 spiro atoms. The van der Waals surface area contributed by atoms with Crippen LogP contribution in [0.1, 0.15) is 55.3 Å². The molecule has 28 heavy (non-hydrogen) atoms. The van der Waals surface area contributed by atoms with Crippen molar-refractivity contribution in [1.82, 2.24) is 15.0 Å². The molecule has 3 fully saturated rings. The molecule has 2 aromatic rings. The lowest BCUT2D eigenvalue weighted by atomic mass is 9.94. The number of carbonyl (C=O) groups is 1.